The van der Waals surface area contributed by atoms with Crippen LogP contribution >= 0.6 is 15.9 Å². The molecule has 0 bridgehead atoms. The number of hydrogen-bond donors (Lipinski definition) is 0. The number of nitrogens with zero attached hydrogens (tertiary/aromatic N) is 5. The number of halogens is 1. The van der Waals surface area contributed by atoms with Gasteiger partial charge in [-0.15, -0.1) is 10.2 Å². The van der Waals surface area contributed by atoms with Crippen LogP contribution in [0.25, 0.3) is 0 Å². The third kappa shape index (κ3) is 5.22. The molecule has 0 fully saturated rings. The van der Waals surface area contributed by atoms with Gasteiger partial charge in [-0.05, 0) is 31.6 Å². The first kappa shape index (κ1) is 12.6. The predicted octanol–water partition coefficient (Wildman–Crippen LogP) is 1.21. The normalized spacial score (nSPS) is 11.2. The second-order valence-corrected chi connectivity index (χ2v) is 4.48. The SMILES string of the molecule is CN(CCCCCBr)Cc1nnn(C)n1. The highest BCUT2D eigenvalue weighted by Crippen LogP contribution is 2.01. The molecule has 6 heteroatoms. The lowest BCUT2D eigenvalue weighted by Gasteiger charge is -2.13. The van der Waals surface area contributed by atoms with Crippen LogP contribution in [0.5, 0.6) is 0 Å². The fourth-order valence-electron chi connectivity index (χ4n) is 1.36. The van der Waals surface area contributed by atoms with Crippen molar-refractivity contribution < 1.29 is 0 Å². The Labute approximate surface area is 99.0 Å². The molecule has 0 aliphatic heterocycles. The van der Waals surface area contributed by atoms with E-state index in [4.69, 9.17) is 0 Å². The van der Waals surface area contributed by atoms with E-state index in [-0.39, 0.29) is 0 Å². The first-order valence-corrected chi connectivity index (χ1v) is 6.32. The average Bonchev–Trinajstić information content (AvgIpc) is 2.59. The number of aryl methyl sites for hydroxylation is 1. The zero-order valence-electron chi connectivity index (χ0n) is 9.36. The molecule has 0 atom stereocenters. The second-order valence-electron chi connectivity index (χ2n) is 3.68. The van der Waals surface area contributed by atoms with E-state index in [1.54, 1.807) is 7.05 Å². The Balaban J connectivity index is 2.15. The summed E-state index contributed by atoms with van der Waals surface area (Å²) < 4.78 is 0. The van der Waals surface area contributed by atoms with E-state index in [1.165, 1.54) is 24.1 Å². The van der Waals surface area contributed by atoms with Gasteiger partial charge in [-0.2, -0.15) is 4.80 Å². The molecule has 15 heavy (non-hydrogen) atoms. The van der Waals surface area contributed by atoms with Crippen LogP contribution < -0.4 is 0 Å². The van der Waals surface area contributed by atoms with Gasteiger partial charge in [0.15, 0.2) is 5.82 Å². The van der Waals surface area contributed by atoms with Crippen molar-refractivity contribution in [3.8, 4) is 0 Å². The minimum absolute atomic E-state index is 0.780. The summed E-state index contributed by atoms with van der Waals surface area (Å²) in [5, 5.41) is 13.0. The quantitative estimate of drug-likeness (QED) is 0.554. The largest absolute Gasteiger partial charge is 0.299 e. The zero-order valence-corrected chi connectivity index (χ0v) is 10.9. The summed E-state index contributed by atoms with van der Waals surface area (Å²) in [6.07, 6.45) is 3.74. The Morgan fingerprint density at radius 1 is 1.33 bits per heavy atom. The molecule has 0 unspecified atom stereocenters. The molecule has 0 aliphatic rings. The van der Waals surface area contributed by atoms with Crippen LogP contribution in [0.15, 0.2) is 0 Å². The molecule has 0 saturated heterocycles. The van der Waals surface area contributed by atoms with Crippen molar-refractivity contribution >= 4 is 15.9 Å². The van der Waals surface area contributed by atoms with Crippen LogP contribution in [-0.2, 0) is 13.6 Å². The molecule has 0 aliphatic carbocycles. The molecule has 1 heterocycles. The summed E-state index contributed by atoms with van der Waals surface area (Å²) >= 11 is 3.43. The van der Waals surface area contributed by atoms with Crippen LogP contribution in [0.2, 0.25) is 0 Å². The highest BCUT2D eigenvalue weighted by molar-refractivity contribution is 9.09. The highest BCUT2D eigenvalue weighted by Gasteiger charge is 2.04. The van der Waals surface area contributed by atoms with Gasteiger partial charge in [-0.3, -0.25) is 4.90 Å². The summed E-state index contributed by atoms with van der Waals surface area (Å²) in [6, 6.07) is 0. The summed E-state index contributed by atoms with van der Waals surface area (Å²) in [5.41, 5.74) is 0. The minimum atomic E-state index is 0.780. The number of hydrogen-bond acceptors (Lipinski definition) is 4. The maximum absolute atomic E-state index is 4.14. The number of rotatable bonds is 7. The monoisotopic (exact) mass is 275 g/mol. The molecule has 1 aromatic rings. The van der Waals surface area contributed by atoms with Crippen molar-refractivity contribution in [2.24, 2.45) is 7.05 Å². The fraction of sp³-hybridized carbons (Fsp3) is 0.889. The van der Waals surface area contributed by atoms with Gasteiger partial charge in [-0.1, -0.05) is 22.4 Å². The molecule has 5 nitrogen and oxygen atoms in total. The van der Waals surface area contributed by atoms with Crippen molar-refractivity contribution in [3.63, 3.8) is 0 Å². The summed E-state index contributed by atoms with van der Waals surface area (Å²) in [6.45, 7) is 1.87. The van der Waals surface area contributed by atoms with E-state index in [1.807, 2.05) is 0 Å². The van der Waals surface area contributed by atoms with Gasteiger partial charge in [0.2, 0.25) is 0 Å². The van der Waals surface area contributed by atoms with Gasteiger partial charge < -0.3 is 0 Å². The molecule has 0 amide bonds. The second kappa shape index (κ2) is 6.90. The molecule has 0 spiro atoms. The number of alkyl halides is 1. The molecule has 1 aromatic heterocycles. The lowest BCUT2D eigenvalue weighted by molar-refractivity contribution is 0.310. The molecule has 0 aromatic carbocycles. The average molecular weight is 276 g/mol. The minimum Gasteiger partial charge on any atom is -0.299 e. The third-order valence-electron chi connectivity index (χ3n) is 2.13. The Kier molecular flexibility index (Phi) is 5.78. The van der Waals surface area contributed by atoms with Gasteiger partial charge >= 0.3 is 0 Å². The van der Waals surface area contributed by atoms with E-state index in [9.17, 15) is 0 Å². The van der Waals surface area contributed by atoms with Crippen LogP contribution in [0, 0.1) is 0 Å². The van der Waals surface area contributed by atoms with Crippen LogP contribution in [0.3, 0.4) is 0 Å². The van der Waals surface area contributed by atoms with E-state index in [0.29, 0.717) is 0 Å². The Bertz CT molecular complexity index is 275. The van der Waals surface area contributed by atoms with Gasteiger partial charge in [0.05, 0.1) is 13.6 Å². The number of aromatic nitrogens is 4. The van der Waals surface area contributed by atoms with Crippen molar-refractivity contribution in [2.75, 3.05) is 18.9 Å². The topological polar surface area (TPSA) is 46.8 Å². The zero-order chi connectivity index (χ0) is 11.1. The molecular weight excluding hydrogens is 258 g/mol. The lowest BCUT2D eigenvalue weighted by atomic mass is 10.2. The molecule has 86 valence electrons. The van der Waals surface area contributed by atoms with Crippen molar-refractivity contribution in [1.82, 2.24) is 25.1 Å². The van der Waals surface area contributed by atoms with Crippen LogP contribution in [-0.4, -0.2) is 44.0 Å². The third-order valence-corrected chi connectivity index (χ3v) is 2.70. The van der Waals surface area contributed by atoms with Crippen molar-refractivity contribution in [3.05, 3.63) is 5.82 Å². The number of tetrazole rings is 1. The molecule has 1 rings (SSSR count). The standard InChI is InChI=1S/C9H18BrN5/c1-14(7-5-3-4-6-10)8-9-11-13-15(2)12-9/h3-8H2,1-2H3. The van der Waals surface area contributed by atoms with E-state index in [2.05, 4.69) is 43.3 Å². The molecular formula is C9H18BrN5. The summed E-state index contributed by atoms with van der Waals surface area (Å²) in [7, 11) is 3.87. The molecule has 0 radical (unpaired) electrons. The van der Waals surface area contributed by atoms with Gasteiger partial charge in [-0.25, -0.2) is 0 Å². The Morgan fingerprint density at radius 3 is 2.73 bits per heavy atom. The van der Waals surface area contributed by atoms with E-state index < -0.39 is 0 Å². The highest BCUT2D eigenvalue weighted by atomic mass is 79.9. The predicted molar refractivity (Wildman–Crippen MR) is 62.8 cm³/mol. The first-order valence-electron chi connectivity index (χ1n) is 5.19. The maximum Gasteiger partial charge on any atom is 0.188 e. The van der Waals surface area contributed by atoms with Gasteiger partial charge in [0.1, 0.15) is 0 Å². The lowest BCUT2D eigenvalue weighted by Crippen LogP contribution is -2.20. The van der Waals surface area contributed by atoms with E-state index in [0.717, 1.165) is 24.2 Å². The van der Waals surface area contributed by atoms with Crippen molar-refractivity contribution in [2.45, 2.75) is 25.8 Å². The van der Waals surface area contributed by atoms with Crippen LogP contribution in [0.4, 0.5) is 0 Å². The smallest absolute Gasteiger partial charge is 0.188 e. The van der Waals surface area contributed by atoms with Gasteiger partial charge in [0.25, 0.3) is 0 Å². The Morgan fingerprint density at radius 2 is 2.13 bits per heavy atom. The van der Waals surface area contributed by atoms with Crippen LogP contribution in [0.1, 0.15) is 25.1 Å². The maximum atomic E-state index is 4.14. The van der Waals surface area contributed by atoms with E-state index >= 15 is 0 Å². The Hall–Kier alpha value is -0.490. The first-order chi connectivity index (χ1) is 7.22. The van der Waals surface area contributed by atoms with Gasteiger partial charge in [0, 0.05) is 5.33 Å². The molecule has 0 N–H and O–H groups in total. The summed E-state index contributed by atoms with van der Waals surface area (Å²) in [5.74, 6) is 0.792. The van der Waals surface area contributed by atoms with Crippen molar-refractivity contribution in [1.29, 1.82) is 0 Å². The fourth-order valence-corrected chi connectivity index (χ4v) is 1.76. The number of unbranched alkanes of at least 4 members (excludes halogenated alkanes) is 2. The summed E-state index contributed by atoms with van der Waals surface area (Å²) in [4.78, 5) is 3.72. The molecule has 0 saturated carbocycles.